The predicted octanol–water partition coefficient (Wildman–Crippen LogP) is 7.35. The van der Waals surface area contributed by atoms with E-state index in [2.05, 4.69) is 11.6 Å². The van der Waals surface area contributed by atoms with Crippen molar-refractivity contribution in [3.8, 4) is 11.3 Å². The number of thioether (sulfide) groups is 1. The molecule has 1 aliphatic heterocycles. The van der Waals surface area contributed by atoms with Crippen molar-refractivity contribution < 1.29 is 9.21 Å². The highest BCUT2D eigenvalue weighted by molar-refractivity contribution is 8.18. The number of aliphatic imine (C=N–C) groups is 1. The van der Waals surface area contributed by atoms with E-state index in [-0.39, 0.29) is 5.91 Å². The molecule has 4 nitrogen and oxygen atoms in total. The molecular formula is C24H18Cl2N2O2S. The molecule has 0 unspecified atom stereocenters. The normalized spacial score (nSPS) is 16.5. The predicted molar refractivity (Wildman–Crippen MR) is 130 cm³/mol. The van der Waals surface area contributed by atoms with Gasteiger partial charge in [0.05, 0.1) is 10.6 Å². The third kappa shape index (κ3) is 4.96. The van der Waals surface area contributed by atoms with Crippen LogP contribution in [0.5, 0.6) is 0 Å². The highest BCUT2D eigenvalue weighted by atomic mass is 35.5. The average molecular weight is 469 g/mol. The lowest BCUT2D eigenvalue weighted by atomic mass is 10.2. The third-order valence-corrected chi connectivity index (χ3v) is 5.95. The van der Waals surface area contributed by atoms with Gasteiger partial charge < -0.3 is 4.42 Å². The number of furan rings is 1. The lowest BCUT2D eigenvalue weighted by Gasteiger charge is -2.12. The fourth-order valence-corrected chi connectivity index (χ4v) is 4.54. The molecule has 1 aliphatic rings. The van der Waals surface area contributed by atoms with Crippen LogP contribution >= 0.6 is 35.0 Å². The Morgan fingerprint density at radius 2 is 1.81 bits per heavy atom. The summed E-state index contributed by atoms with van der Waals surface area (Å²) in [7, 11) is 0. The lowest BCUT2D eigenvalue weighted by molar-refractivity contribution is -0.121. The molecular weight excluding hydrogens is 451 g/mol. The Labute approximate surface area is 194 Å². The van der Waals surface area contributed by atoms with Crippen LogP contribution in [-0.4, -0.2) is 22.5 Å². The summed E-state index contributed by atoms with van der Waals surface area (Å²) < 4.78 is 5.91. The minimum atomic E-state index is -0.139. The minimum absolute atomic E-state index is 0.139. The van der Waals surface area contributed by atoms with Crippen molar-refractivity contribution in [3.63, 3.8) is 0 Å². The van der Waals surface area contributed by atoms with E-state index >= 15 is 0 Å². The number of amidine groups is 1. The van der Waals surface area contributed by atoms with Crippen LogP contribution < -0.4 is 0 Å². The van der Waals surface area contributed by atoms with E-state index in [0.29, 0.717) is 38.2 Å². The summed E-state index contributed by atoms with van der Waals surface area (Å²) in [6, 6.07) is 16.7. The van der Waals surface area contributed by atoms with Gasteiger partial charge in [0.25, 0.3) is 5.91 Å². The van der Waals surface area contributed by atoms with E-state index in [9.17, 15) is 4.79 Å². The second-order valence-corrected chi connectivity index (χ2v) is 8.79. The number of hydrogen-bond acceptors (Lipinski definition) is 4. The molecule has 4 rings (SSSR count). The molecule has 0 saturated carbocycles. The van der Waals surface area contributed by atoms with E-state index in [1.165, 1.54) is 11.8 Å². The Hall–Kier alpha value is -2.73. The molecule has 31 heavy (non-hydrogen) atoms. The molecule has 0 N–H and O–H groups in total. The van der Waals surface area contributed by atoms with Crippen LogP contribution in [0.3, 0.4) is 0 Å². The van der Waals surface area contributed by atoms with Crippen LogP contribution in [0.15, 0.2) is 81.6 Å². The van der Waals surface area contributed by atoms with Crippen LogP contribution in [0.1, 0.15) is 11.3 Å². The van der Waals surface area contributed by atoms with Gasteiger partial charge in [0, 0.05) is 28.2 Å². The van der Waals surface area contributed by atoms with Crippen molar-refractivity contribution >= 4 is 57.8 Å². The SMILES string of the molecule is C=CCN1C(=O)C(=Cc2ccc(-c3cc(Cl)cc(Cl)c3)o2)SC1=Nc1ccc(C)cc1. The maximum atomic E-state index is 13.0. The van der Waals surface area contributed by atoms with Crippen LogP contribution in [-0.2, 0) is 4.79 Å². The maximum Gasteiger partial charge on any atom is 0.267 e. The molecule has 2 heterocycles. The maximum absolute atomic E-state index is 13.0. The molecule has 1 aromatic heterocycles. The fourth-order valence-electron chi connectivity index (χ4n) is 3.02. The van der Waals surface area contributed by atoms with Gasteiger partial charge in [-0.2, -0.15) is 0 Å². The number of halogens is 2. The van der Waals surface area contributed by atoms with Gasteiger partial charge in [-0.05, 0) is 61.2 Å². The first kappa shape index (κ1) is 21.5. The number of benzene rings is 2. The first-order valence-corrected chi connectivity index (χ1v) is 11.0. The molecule has 0 bridgehead atoms. The molecule has 2 aromatic carbocycles. The molecule has 7 heteroatoms. The van der Waals surface area contributed by atoms with E-state index in [1.54, 1.807) is 41.3 Å². The Kier molecular flexibility index (Phi) is 6.37. The smallest absolute Gasteiger partial charge is 0.267 e. The Morgan fingerprint density at radius 1 is 1.10 bits per heavy atom. The highest BCUT2D eigenvalue weighted by Gasteiger charge is 2.32. The fraction of sp³-hybridized carbons (Fsp3) is 0.0833. The molecule has 1 amide bonds. The zero-order valence-electron chi connectivity index (χ0n) is 16.6. The summed E-state index contributed by atoms with van der Waals surface area (Å²) in [5.41, 5.74) is 2.70. The standard InChI is InChI=1S/C24H18Cl2N2O2S/c1-3-10-28-23(29)22(31-24(28)27-19-6-4-15(2)5-7-19)14-20-8-9-21(30-20)16-11-17(25)13-18(26)12-16/h3-9,11-14H,1,10H2,2H3. The Bertz CT molecular complexity index is 1190. The van der Waals surface area contributed by atoms with Gasteiger partial charge in [-0.25, -0.2) is 4.99 Å². The first-order chi connectivity index (χ1) is 14.9. The van der Waals surface area contributed by atoms with Crippen molar-refractivity contribution in [1.82, 2.24) is 4.90 Å². The minimum Gasteiger partial charge on any atom is -0.457 e. The summed E-state index contributed by atoms with van der Waals surface area (Å²) in [6.07, 6.45) is 3.40. The van der Waals surface area contributed by atoms with Gasteiger partial charge >= 0.3 is 0 Å². The molecule has 0 aliphatic carbocycles. The van der Waals surface area contributed by atoms with Crippen molar-refractivity contribution in [1.29, 1.82) is 0 Å². The zero-order chi connectivity index (χ0) is 22.0. The summed E-state index contributed by atoms with van der Waals surface area (Å²) in [6.45, 7) is 6.15. The molecule has 0 radical (unpaired) electrons. The number of carbonyl (C=O) groups is 1. The van der Waals surface area contributed by atoms with E-state index < -0.39 is 0 Å². The number of amides is 1. The van der Waals surface area contributed by atoms with Crippen molar-refractivity contribution in [2.75, 3.05) is 6.54 Å². The van der Waals surface area contributed by atoms with E-state index in [0.717, 1.165) is 16.8 Å². The number of aryl methyl sites for hydroxylation is 1. The molecule has 0 atom stereocenters. The van der Waals surface area contributed by atoms with Crippen LogP contribution in [0.2, 0.25) is 10.0 Å². The first-order valence-electron chi connectivity index (χ1n) is 9.47. The Morgan fingerprint density at radius 3 is 2.48 bits per heavy atom. The van der Waals surface area contributed by atoms with Gasteiger partial charge in [0.15, 0.2) is 5.17 Å². The zero-order valence-corrected chi connectivity index (χ0v) is 19.0. The van der Waals surface area contributed by atoms with Gasteiger partial charge in [-0.3, -0.25) is 9.69 Å². The second-order valence-electron chi connectivity index (χ2n) is 6.91. The second kappa shape index (κ2) is 9.18. The van der Waals surface area contributed by atoms with Gasteiger partial charge in [0.2, 0.25) is 0 Å². The lowest BCUT2D eigenvalue weighted by Crippen LogP contribution is -2.29. The van der Waals surface area contributed by atoms with Crippen molar-refractivity contribution in [3.05, 3.63) is 93.5 Å². The monoisotopic (exact) mass is 468 g/mol. The summed E-state index contributed by atoms with van der Waals surface area (Å²) in [5, 5.41) is 1.66. The van der Waals surface area contributed by atoms with E-state index in [1.807, 2.05) is 37.3 Å². The van der Waals surface area contributed by atoms with Crippen molar-refractivity contribution in [2.45, 2.75) is 6.92 Å². The van der Waals surface area contributed by atoms with Gasteiger partial charge in [0.1, 0.15) is 11.5 Å². The van der Waals surface area contributed by atoms with E-state index in [4.69, 9.17) is 27.6 Å². The highest BCUT2D eigenvalue weighted by Crippen LogP contribution is 2.35. The molecule has 156 valence electrons. The number of rotatable bonds is 5. The molecule has 1 saturated heterocycles. The van der Waals surface area contributed by atoms with Crippen molar-refractivity contribution in [2.24, 2.45) is 4.99 Å². The molecule has 0 spiro atoms. The largest absolute Gasteiger partial charge is 0.457 e. The summed E-state index contributed by atoms with van der Waals surface area (Å²) in [4.78, 5) is 19.7. The quantitative estimate of drug-likeness (QED) is 0.290. The topological polar surface area (TPSA) is 45.8 Å². The summed E-state index contributed by atoms with van der Waals surface area (Å²) >= 11 is 13.5. The third-order valence-electron chi connectivity index (χ3n) is 4.51. The van der Waals surface area contributed by atoms with Crippen LogP contribution in [0, 0.1) is 6.92 Å². The van der Waals surface area contributed by atoms with Crippen LogP contribution in [0.25, 0.3) is 17.4 Å². The number of hydrogen-bond donors (Lipinski definition) is 0. The number of carbonyl (C=O) groups excluding carboxylic acids is 1. The summed E-state index contributed by atoms with van der Waals surface area (Å²) in [5.74, 6) is 1.03. The Balaban J connectivity index is 1.63. The molecule has 3 aromatic rings. The average Bonchev–Trinajstić information content (AvgIpc) is 3.30. The van der Waals surface area contributed by atoms with Crippen LogP contribution in [0.4, 0.5) is 5.69 Å². The number of nitrogens with zero attached hydrogens (tertiary/aromatic N) is 2. The van der Waals surface area contributed by atoms with Gasteiger partial charge in [-0.1, -0.05) is 47.0 Å². The van der Waals surface area contributed by atoms with Gasteiger partial charge in [-0.15, -0.1) is 6.58 Å². The molecule has 1 fully saturated rings.